The normalized spacial score (nSPS) is 10.5. The summed E-state index contributed by atoms with van der Waals surface area (Å²) in [6.07, 6.45) is 7.71. The van der Waals surface area contributed by atoms with Crippen molar-refractivity contribution in [2.24, 2.45) is 12.8 Å². The first-order valence-corrected chi connectivity index (χ1v) is 9.08. The number of carbonyl (C=O) groups is 1. The van der Waals surface area contributed by atoms with Crippen LogP contribution in [0.1, 0.15) is 0 Å². The van der Waals surface area contributed by atoms with Crippen LogP contribution in [0.5, 0.6) is 0 Å². The maximum Gasteiger partial charge on any atom is 0.283 e. The molecule has 0 aliphatic heterocycles. The van der Waals surface area contributed by atoms with Crippen molar-refractivity contribution in [1.29, 1.82) is 0 Å². The van der Waals surface area contributed by atoms with E-state index in [0.29, 0.717) is 0 Å². The first-order valence-electron chi connectivity index (χ1n) is 6.62. The maximum absolute atomic E-state index is 10.8. The zero-order valence-corrected chi connectivity index (χ0v) is 15.7. The summed E-state index contributed by atoms with van der Waals surface area (Å²) in [5.74, 6) is -0.338. The summed E-state index contributed by atoms with van der Waals surface area (Å²) >= 11 is 0. The van der Waals surface area contributed by atoms with Gasteiger partial charge in [0.25, 0.3) is 5.91 Å². The minimum atomic E-state index is -4.94. The van der Waals surface area contributed by atoms with E-state index in [-0.39, 0.29) is 17.9 Å². The predicted octanol–water partition coefficient (Wildman–Crippen LogP) is -10.4. The Bertz CT molecular complexity index is 678. The lowest BCUT2D eigenvalue weighted by atomic mass is 10.1. The second-order valence-corrected chi connectivity index (χ2v) is 6.25. The molecular formula is C13H17Cl2N3O10. The van der Waals surface area contributed by atoms with Crippen LogP contribution >= 0.6 is 0 Å². The summed E-state index contributed by atoms with van der Waals surface area (Å²) in [7, 11) is -7.91. The fourth-order valence-electron chi connectivity index (χ4n) is 1.63. The molecule has 2 aromatic rings. The highest BCUT2D eigenvalue weighted by molar-refractivity contribution is 5.72. The fraction of sp³-hybridized carbons (Fsp3) is 0.154. The number of amides is 1. The Morgan fingerprint density at radius 3 is 1.39 bits per heavy atom. The molecule has 158 valence electrons. The monoisotopic (exact) mass is 445 g/mol. The molecule has 0 aromatic carbocycles. The number of hydrogen-bond acceptors (Lipinski definition) is 9. The lowest BCUT2D eigenvalue weighted by Crippen LogP contribution is -2.68. The van der Waals surface area contributed by atoms with E-state index in [1.807, 2.05) is 60.7 Å². The Morgan fingerprint density at radius 1 is 0.821 bits per heavy atom. The van der Waals surface area contributed by atoms with Crippen molar-refractivity contribution >= 4 is 5.91 Å². The fourth-order valence-corrected chi connectivity index (χ4v) is 1.63. The van der Waals surface area contributed by atoms with Gasteiger partial charge in [0.2, 0.25) is 6.54 Å². The van der Waals surface area contributed by atoms with Gasteiger partial charge in [0, 0.05) is 24.3 Å². The highest BCUT2D eigenvalue weighted by Crippen LogP contribution is 2.15. The largest absolute Gasteiger partial charge is 0.412 e. The number of halogens is 2. The molecule has 0 unspecified atom stereocenters. The molecule has 2 rings (SSSR count). The van der Waals surface area contributed by atoms with E-state index >= 15 is 0 Å². The summed E-state index contributed by atoms with van der Waals surface area (Å²) < 4.78 is 71.7. The maximum atomic E-state index is 10.8. The highest BCUT2D eigenvalue weighted by Gasteiger charge is 2.06. The topological polar surface area (TPSA) is 267 Å². The number of aromatic nitrogens is 2. The molecule has 4 N–H and O–H groups in total. The van der Waals surface area contributed by atoms with Crippen LogP contribution in [0.4, 0.5) is 0 Å². The van der Waals surface area contributed by atoms with Gasteiger partial charge in [-0.2, -0.15) is 4.57 Å². The summed E-state index contributed by atoms with van der Waals surface area (Å²) in [6.45, 7) is 0.212. The number of aryl methyl sites for hydroxylation is 1. The molecule has 15 heteroatoms. The third-order valence-electron chi connectivity index (χ3n) is 2.54. The van der Waals surface area contributed by atoms with Gasteiger partial charge in [-0.1, -0.05) is 0 Å². The summed E-state index contributed by atoms with van der Waals surface area (Å²) in [4.78, 5) is 10.8. The van der Waals surface area contributed by atoms with Gasteiger partial charge in [-0.25, -0.2) is 41.8 Å². The molecule has 1 amide bonds. The van der Waals surface area contributed by atoms with E-state index in [0.717, 1.165) is 11.1 Å². The van der Waals surface area contributed by atoms with Gasteiger partial charge in [-0.3, -0.25) is 4.79 Å². The predicted molar refractivity (Wildman–Crippen MR) is 66.1 cm³/mol. The Hall–Kier alpha value is -2.01. The molecule has 0 aliphatic carbocycles. The van der Waals surface area contributed by atoms with Gasteiger partial charge in [0.1, 0.15) is 7.05 Å². The standard InChI is InChI=1S/C13H14N3O.2ClHO4.H2O/c1-15-6-2-11(3-7-15)12-4-8-16(9-5-12)10-13(14)17;2*2-1(3,4)5;/h2-9H,10H2,1H3,(H-,14,17);2*(H,2,3,4,5);1H2/q+1;;;/p-1. The van der Waals surface area contributed by atoms with Crippen LogP contribution in [0.2, 0.25) is 0 Å². The number of nitrogens with two attached hydrogens (primary N) is 1. The molecule has 2 heterocycles. The van der Waals surface area contributed by atoms with Gasteiger partial charge in [0.05, 0.1) is 0 Å². The molecule has 0 radical (unpaired) electrons. The van der Waals surface area contributed by atoms with E-state index in [2.05, 4.69) is 0 Å². The molecule has 0 saturated heterocycles. The quantitative estimate of drug-likeness (QED) is 0.438. The number of primary amides is 1. The summed E-state index contributed by atoms with van der Waals surface area (Å²) in [6, 6.07) is 8.04. The molecule has 28 heavy (non-hydrogen) atoms. The molecule has 0 atom stereocenters. The zero-order chi connectivity index (χ0) is 21.3. The van der Waals surface area contributed by atoms with E-state index in [9.17, 15) is 4.79 Å². The van der Waals surface area contributed by atoms with Crippen molar-refractivity contribution in [2.45, 2.75) is 6.54 Å². The van der Waals surface area contributed by atoms with E-state index in [1.165, 1.54) is 0 Å². The van der Waals surface area contributed by atoms with Gasteiger partial charge in [0.15, 0.2) is 24.8 Å². The average Bonchev–Trinajstić information content (AvgIpc) is 2.45. The van der Waals surface area contributed by atoms with Crippen LogP contribution in [-0.4, -0.2) is 11.4 Å². The molecule has 13 nitrogen and oxygen atoms in total. The molecular weight excluding hydrogens is 429 g/mol. The SMILES string of the molecule is C[n+]1ccc(-c2cc[n+](CC(N)=O)cc2)cc1.O.[O-][Cl+3]([O-])([O-])[O-].[O-][Cl+3]([O-])([O-])[O-]. The van der Waals surface area contributed by atoms with Gasteiger partial charge >= 0.3 is 0 Å². The average molecular weight is 446 g/mol. The smallest absolute Gasteiger partial charge is 0.283 e. The van der Waals surface area contributed by atoms with Crippen molar-refractivity contribution in [3.05, 3.63) is 49.1 Å². The van der Waals surface area contributed by atoms with Crippen molar-refractivity contribution in [3.8, 4) is 11.1 Å². The molecule has 0 aliphatic rings. The van der Waals surface area contributed by atoms with E-state index < -0.39 is 20.5 Å². The van der Waals surface area contributed by atoms with Crippen LogP contribution in [-0.2, 0) is 18.4 Å². The second-order valence-electron chi connectivity index (χ2n) is 4.73. The Morgan fingerprint density at radius 2 is 1.11 bits per heavy atom. The highest BCUT2D eigenvalue weighted by atomic mass is 35.7. The van der Waals surface area contributed by atoms with Crippen LogP contribution in [0.3, 0.4) is 0 Å². The minimum Gasteiger partial charge on any atom is -0.412 e. The van der Waals surface area contributed by atoms with Gasteiger partial charge in [-0.15, -0.1) is 20.5 Å². The Labute approximate surface area is 163 Å². The van der Waals surface area contributed by atoms with Crippen LogP contribution in [0.25, 0.3) is 11.1 Å². The third kappa shape index (κ3) is 18.8. The first kappa shape index (κ1) is 28.2. The van der Waals surface area contributed by atoms with E-state index in [4.69, 9.17) is 43.0 Å². The summed E-state index contributed by atoms with van der Waals surface area (Å²) in [5, 5.41) is 0. The molecule has 0 bridgehead atoms. The van der Waals surface area contributed by atoms with Crippen LogP contribution in [0, 0.1) is 20.5 Å². The van der Waals surface area contributed by atoms with Crippen molar-refractivity contribution < 1.29 is 77.2 Å². The van der Waals surface area contributed by atoms with Crippen LogP contribution in [0.15, 0.2) is 49.1 Å². The summed E-state index contributed by atoms with van der Waals surface area (Å²) in [5.41, 5.74) is 7.39. The Balaban J connectivity index is 0. The number of rotatable bonds is 3. The van der Waals surface area contributed by atoms with E-state index in [1.54, 1.807) is 4.57 Å². The van der Waals surface area contributed by atoms with Crippen molar-refractivity contribution in [1.82, 2.24) is 0 Å². The lowest BCUT2D eigenvalue weighted by Gasteiger charge is -2.17. The molecule has 2 aromatic heterocycles. The van der Waals surface area contributed by atoms with Gasteiger partial charge < -0.3 is 11.2 Å². The third-order valence-corrected chi connectivity index (χ3v) is 2.54. The zero-order valence-electron chi connectivity index (χ0n) is 14.2. The minimum absolute atomic E-state index is 0. The first-order chi connectivity index (χ1) is 12.1. The molecule has 0 saturated carbocycles. The number of carbonyl (C=O) groups excluding carboxylic acids is 1. The molecule has 0 spiro atoms. The Kier molecular flexibility index (Phi) is 12.5. The number of hydrogen-bond donors (Lipinski definition) is 1. The number of nitrogens with zero attached hydrogens (tertiary/aromatic N) is 2. The van der Waals surface area contributed by atoms with Crippen molar-refractivity contribution in [2.75, 3.05) is 0 Å². The van der Waals surface area contributed by atoms with Crippen LogP contribution < -0.4 is 52.1 Å². The lowest BCUT2D eigenvalue weighted by molar-refractivity contribution is -2.00. The van der Waals surface area contributed by atoms with Gasteiger partial charge in [-0.05, 0) is 11.1 Å². The second kappa shape index (κ2) is 12.4. The number of pyridine rings is 2. The van der Waals surface area contributed by atoms with Crippen molar-refractivity contribution in [3.63, 3.8) is 0 Å². The molecule has 0 fully saturated rings.